The van der Waals surface area contributed by atoms with Gasteiger partial charge in [-0.3, -0.25) is 0 Å². The standard InChI is InChI=1S/C26H46N2O4/c1-26(2,3)31-25(30)27-23(19-20-13-7-4-8-14-20)24(29)32-28(21-15-9-5-10-16-21)22-17-11-6-12-18-22/h20-23H,4-19H2,1-3H3,(H,27,30)/t23-/m0/s1. The molecule has 0 aromatic heterocycles. The summed E-state index contributed by atoms with van der Waals surface area (Å²) in [7, 11) is 0. The van der Waals surface area contributed by atoms with Gasteiger partial charge in [-0.05, 0) is 58.8 Å². The minimum Gasteiger partial charge on any atom is -0.444 e. The molecular formula is C26H46N2O4. The fourth-order valence-electron chi connectivity index (χ4n) is 5.71. The summed E-state index contributed by atoms with van der Waals surface area (Å²) < 4.78 is 5.47. The minimum absolute atomic E-state index is 0.308. The largest absolute Gasteiger partial charge is 0.444 e. The summed E-state index contributed by atoms with van der Waals surface area (Å²) >= 11 is 0. The highest BCUT2D eigenvalue weighted by molar-refractivity contribution is 5.81. The Morgan fingerprint density at radius 2 is 1.28 bits per heavy atom. The van der Waals surface area contributed by atoms with E-state index in [2.05, 4.69) is 10.4 Å². The van der Waals surface area contributed by atoms with Crippen molar-refractivity contribution in [2.24, 2.45) is 5.92 Å². The van der Waals surface area contributed by atoms with E-state index in [1.165, 1.54) is 57.8 Å². The Kier molecular flexibility index (Phi) is 9.69. The van der Waals surface area contributed by atoms with Gasteiger partial charge in [0.1, 0.15) is 11.6 Å². The normalized spacial score (nSPS) is 23.0. The summed E-state index contributed by atoms with van der Waals surface area (Å²) in [5.41, 5.74) is -0.598. The van der Waals surface area contributed by atoms with Crippen LogP contribution in [0.3, 0.4) is 0 Å². The maximum absolute atomic E-state index is 13.5. The van der Waals surface area contributed by atoms with Gasteiger partial charge in [0.2, 0.25) is 0 Å². The lowest BCUT2D eigenvalue weighted by atomic mass is 9.85. The van der Waals surface area contributed by atoms with Gasteiger partial charge in [0, 0.05) is 12.1 Å². The minimum atomic E-state index is -0.650. The predicted octanol–water partition coefficient (Wildman–Crippen LogP) is 6.28. The molecule has 3 aliphatic rings. The molecule has 1 N–H and O–H groups in total. The fraction of sp³-hybridized carbons (Fsp3) is 0.923. The van der Waals surface area contributed by atoms with Gasteiger partial charge in [0.15, 0.2) is 0 Å². The van der Waals surface area contributed by atoms with E-state index in [1.807, 2.05) is 20.8 Å². The van der Waals surface area contributed by atoms with E-state index in [4.69, 9.17) is 9.57 Å². The smallest absolute Gasteiger partial charge is 0.408 e. The van der Waals surface area contributed by atoms with Crippen LogP contribution in [0.2, 0.25) is 0 Å². The zero-order valence-corrected chi connectivity index (χ0v) is 20.7. The molecule has 3 rings (SSSR count). The van der Waals surface area contributed by atoms with Crippen molar-refractivity contribution in [2.45, 2.75) is 147 Å². The number of rotatable bonds is 7. The molecule has 32 heavy (non-hydrogen) atoms. The van der Waals surface area contributed by atoms with Crippen molar-refractivity contribution in [1.82, 2.24) is 10.4 Å². The molecule has 184 valence electrons. The van der Waals surface area contributed by atoms with Gasteiger partial charge in [0.05, 0.1) is 0 Å². The van der Waals surface area contributed by atoms with Crippen molar-refractivity contribution in [3.63, 3.8) is 0 Å². The molecule has 3 fully saturated rings. The van der Waals surface area contributed by atoms with Crippen molar-refractivity contribution in [3.05, 3.63) is 0 Å². The second kappa shape index (κ2) is 12.2. The Labute approximate surface area is 195 Å². The van der Waals surface area contributed by atoms with Crippen molar-refractivity contribution >= 4 is 12.1 Å². The van der Waals surface area contributed by atoms with E-state index >= 15 is 0 Å². The van der Waals surface area contributed by atoms with E-state index in [-0.39, 0.29) is 5.97 Å². The third-order valence-electron chi connectivity index (χ3n) is 7.33. The van der Waals surface area contributed by atoms with E-state index in [1.54, 1.807) is 0 Å². The second-order valence-corrected chi connectivity index (χ2v) is 11.3. The average molecular weight is 451 g/mol. The molecular weight excluding hydrogens is 404 g/mol. The van der Waals surface area contributed by atoms with Crippen LogP contribution < -0.4 is 5.32 Å². The average Bonchev–Trinajstić information content (AvgIpc) is 2.77. The Balaban J connectivity index is 1.69. The fourth-order valence-corrected chi connectivity index (χ4v) is 5.71. The van der Waals surface area contributed by atoms with E-state index in [9.17, 15) is 9.59 Å². The van der Waals surface area contributed by atoms with Crippen LogP contribution in [-0.2, 0) is 14.4 Å². The predicted molar refractivity (Wildman–Crippen MR) is 126 cm³/mol. The summed E-state index contributed by atoms with van der Waals surface area (Å²) in [6.45, 7) is 5.53. The molecule has 0 unspecified atom stereocenters. The number of hydrogen-bond donors (Lipinski definition) is 1. The quantitative estimate of drug-likeness (QED) is 0.463. The number of hydroxylamine groups is 2. The van der Waals surface area contributed by atoms with Crippen LogP contribution in [0.15, 0.2) is 0 Å². The van der Waals surface area contributed by atoms with Crippen molar-refractivity contribution in [1.29, 1.82) is 0 Å². The summed E-state index contributed by atoms with van der Waals surface area (Å²) in [5.74, 6) is 0.145. The van der Waals surface area contributed by atoms with Gasteiger partial charge < -0.3 is 14.9 Å². The zero-order valence-electron chi connectivity index (χ0n) is 20.7. The molecule has 0 bridgehead atoms. The molecule has 0 heterocycles. The van der Waals surface area contributed by atoms with Gasteiger partial charge in [-0.25, -0.2) is 9.59 Å². The third kappa shape index (κ3) is 8.24. The van der Waals surface area contributed by atoms with Gasteiger partial charge in [0.25, 0.3) is 0 Å². The number of carbonyl (C=O) groups excluding carboxylic acids is 2. The van der Waals surface area contributed by atoms with Crippen LogP contribution in [0.25, 0.3) is 0 Å². The molecule has 0 spiro atoms. The first kappa shape index (κ1) is 25.3. The molecule has 1 atom stereocenters. The number of nitrogens with one attached hydrogen (secondary N) is 1. The highest BCUT2D eigenvalue weighted by Crippen LogP contribution is 2.32. The molecule has 6 heteroatoms. The van der Waals surface area contributed by atoms with Crippen LogP contribution >= 0.6 is 0 Å². The van der Waals surface area contributed by atoms with Crippen LogP contribution in [0.1, 0.15) is 124 Å². The maximum Gasteiger partial charge on any atom is 0.408 e. The molecule has 0 saturated heterocycles. The molecule has 3 saturated carbocycles. The number of ether oxygens (including phenoxy) is 1. The number of hydrogen-bond acceptors (Lipinski definition) is 5. The Bertz CT molecular complexity index is 567. The summed E-state index contributed by atoms with van der Waals surface area (Å²) in [5, 5.41) is 4.93. The Hall–Kier alpha value is -1.30. The molecule has 6 nitrogen and oxygen atoms in total. The molecule has 0 aromatic rings. The van der Waals surface area contributed by atoms with Crippen LogP contribution in [0.4, 0.5) is 4.79 Å². The lowest BCUT2D eigenvalue weighted by Crippen LogP contribution is -2.51. The summed E-state index contributed by atoms with van der Waals surface area (Å²) in [4.78, 5) is 32.2. The second-order valence-electron chi connectivity index (χ2n) is 11.3. The van der Waals surface area contributed by atoms with Gasteiger partial charge >= 0.3 is 12.1 Å². The summed E-state index contributed by atoms with van der Waals surface area (Å²) in [6, 6.07) is -0.0251. The van der Waals surface area contributed by atoms with E-state index in [0.717, 1.165) is 38.5 Å². The number of nitrogens with zero attached hydrogens (tertiary/aromatic N) is 1. The summed E-state index contributed by atoms with van der Waals surface area (Å²) in [6.07, 6.45) is 17.7. The molecule has 0 aliphatic heterocycles. The number of alkyl carbamates (subject to hydrolysis) is 1. The SMILES string of the molecule is CC(C)(C)OC(=O)N[C@@H](CC1CCCCC1)C(=O)ON(C1CCCCC1)C1CCCCC1. The lowest BCUT2D eigenvalue weighted by molar-refractivity contribution is -0.225. The van der Waals surface area contributed by atoms with Crippen LogP contribution in [0, 0.1) is 5.92 Å². The molecule has 1 amide bonds. The van der Waals surface area contributed by atoms with E-state index < -0.39 is 17.7 Å². The van der Waals surface area contributed by atoms with Crippen molar-refractivity contribution in [3.8, 4) is 0 Å². The molecule has 0 radical (unpaired) electrons. The van der Waals surface area contributed by atoms with E-state index in [0.29, 0.717) is 24.4 Å². The maximum atomic E-state index is 13.5. The Morgan fingerprint density at radius 3 is 1.75 bits per heavy atom. The first-order valence-electron chi connectivity index (χ1n) is 13.3. The molecule has 0 aromatic carbocycles. The number of carbonyl (C=O) groups is 2. The topological polar surface area (TPSA) is 67.9 Å². The molecule has 3 aliphatic carbocycles. The van der Waals surface area contributed by atoms with Gasteiger partial charge in [-0.2, -0.15) is 0 Å². The highest BCUT2D eigenvalue weighted by atomic mass is 16.7. The number of amides is 1. The van der Waals surface area contributed by atoms with Gasteiger partial charge in [-0.1, -0.05) is 70.6 Å². The van der Waals surface area contributed by atoms with Crippen molar-refractivity contribution < 1.29 is 19.2 Å². The van der Waals surface area contributed by atoms with Gasteiger partial charge in [-0.15, -0.1) is 5.06 Å². The Morgan fingerprint density at radius 1 is 0.812 bits per heavy atom. The highest BCUT2D eigenvalue weighted by Gasteiger charge is 2.36. The van der Waals surface area contributed by atoms with Crippen LogP contribution in [0.5, 0.6) is 0 Å². The van der Waals surface area contributed by atoms with Crippen molar-refractivity contribution in [2.75, 3.05) is 0 Å². The van der Waals surface area contributed by atoms with Crippen LogP contribution in [-0.4, -0.2) is 40.9 Å². The first-order valence-corrected chi connectivity index (χ1v) is 13.3. The lowest BCUT2D eigenvalue weighted by Gasteiger charge is -2.40. The first-order chi connectivity index (χ1) is 15.3. The third-order valence-corrected chi connectivity index (χ3v) is 7.33. The zero-order chi connectivity index (χ0) is 23.0. The monoisotopic (exact) mass is 450 g/mol.